The van der Waals surface area contributed by atoms with Crippen molar-refractivity contribution in [1.29, 1.82) is 0 Å². The van der Waals surface area contributed by atoms with Crippen LogP contribution in [0.3, 0.4) is 0 Å². The van der Waals surface area contributed by atoms with Crippen LogP contribution in [0.25, 0.3) is 0 Å². The van der Waals surface area contributed by atoms with Crippen LogP contribution < -0.4 is 5.32 Å². The Balaban J connectivity index is 2.09. The number of rotatable bonds is 1. The van der Waals surface area contributed by atoms with Gasteiger partial charge in [-0.2, -0.15) is 0 Å². The predicted octanol–water partition coefficient (Wildman–Crippen LogP) is 0.579. The number of ether oxygens (including phenoxy) is 1. The van der Waals surface area contributed by atoms with E-state index in [9.17, 15) is 4.79 Å². The molecule has 0 aromatic carbocycles. The standard InChI is InChI=1S/C9H16N2O2/c1-7(2)11-6-9(13-8(11)12)3-4-10-5-9/h7,10H,3-6H2,1-2H3/t9-/m1/s1. The molecular weight excluding hydrogens is 168 g/mol. The maximum absolute atomic E-state index is 11.5. The van der Waals surface area contributed by atoms with E-state index >= 15 is 0 Å². The van der Waals surface area contributed by atoms with Gasteiger partial charge in [-0.15, -0.1) is 0 Å². The largest absolute Gasteiger partial charge is 0.439 e. The Morgan fingerprint density at radius 3 is 2.85 bits per heavy atom. The van der Waals surface area contributed by atoms with Crippen LogP contribution in [0.1, 0.15) is 20.3 Å². The summed E-state index contributed by atoms with van der Waals surface area (Å²) in [5, 5.41) is 3.23. The summed E-state index contributed by atoms with van der Waals surface area (Å²) in [6.45, 7) is 6.54. The maximum atomic E-state index is 11.5. The topological polar surface area (TPSA) is 41.6 Å². The van der Waals surface area contributed by atoms with Crippen molar-refractivity contribution < 1.29 is 9.53 Å². The van der Waals surface area contributed by atoms with Crippen molar-refractivity contribution in [3.8, 4) is 0 Å². The Labute approximate surface area is 78.2 Å². The molecule has 4 heteroatoms. The lowest BCUT2D eigenvalue weighted by Gasteiger charge is -2.20. The van der Waals surface area contributed by atoms with Gasteiger partial charge in [0.05, 0.1) is 6.54 Å². The van der Waals surface area contributed by atoms with Gasteiger partial charge in [0, 0.05) is 19.0 Å². The van der Waals surface area contributed by atoms with Crippen molar-refractivity contribution in [2.75, 3.05) is 19.6 Å². The zero-order valence-corrected chi connectivity index (χ0v) is 8.17. The number of carbonyl (C=O) groups is 1. The van der Waals surface area contributed by atoms with E-state index in [1.54, 1.807) is 4.90 Å². The highest BCUT2D eigenvalue weighted by Gasteiger charge is 2.47. The van der Waals surface area contributed by atoms with Crippen LogP contribution in [-0.2, 0) is 4.74 Å². The number of hydrogen-bond acceptors (Lipinski definition) is 3. The normalized spacial score (nSPS) is 33.5. The van der Waals surface area contributed by atoms with E-state index in [0.29, 0.717) is 0 Å². The molecule has 2 saturated heterocycles. The Morgan fingerprint density at radius 2 is 2.38 bits per heavy atom. The number of hydrogen-bond donors (Lipinski definition) is 1. The van der Waals surface area contributed by atoms with E-state index in [0.717, 1.165) is 26.1 Å². The third kappa shape index (κ3) is 1.39. The van der Waals surface area contributed by atoms with Gasteiger partial charge in [0.1, 0.15) is 5.60 Å². The molecular formula is C9H16N2O2. The molecule has 13 heavy (non-hydrogen) atoms. The highest BCUT2D eigenvalue weighted by Crippen LogP contribution is 2.29. The average Bonchev–Trinajstić information content (AvgIpc) is 2.60. The first-order chi connectivity index (χ1) is 6.13. The molecule has 2 aliphatic rings. The molecule has 0 radical (unpaired) electrons. The molecule has 0 unspecified atom stereocenters. The van der Waals surface area contributed by atoms with Crippen molar-refractivity contribution in [2.45, 2.75) is 31.9 Å². The molecule has 1 atom stereocenters. The molecule has 2 heterocycles. The maximum Gasteiger partial charge on any atom is 0.410 e. The molecule has 2 rings (SSSR count). The minimum atomic E-state index is -0.221. The van der Waals surface area contributed by atoms with E-state index in [-0.39, 0.29) is 17.7 Å². The van der Waals surface area contributed by atoms with E-state index in [1.165, 1.54) is 0 Å². The molecule has 1 spiro atoms. The molecule has 0 saturated carbocycles. The smallest absolute Gasteiger partial charge is 0.410 e. The van der Waals surface area contributed by atoms with Gasteiger partial charge >= 0.3 is 6.09 Å². The van der Waals surface area contributed by atoms with Crippen molar-refractivity contribution in [3.63, 3.8) is 0 Å². The van der Waals surface area contributed by atoms with E-state index < -0.39 is 0 Å². The summed E-state index contributed by atoms with van der Waals surface area (Å²) in [4.78, 5) is 13.3. The molecule has 2 aliphatic heterocycles. The fraction of sp³-hybridized carbons (Fsp3) is 0.889. The summed E-state index contributed by atoms with van der Waals surface area (Å²) in [5.41, 5.74) is -0.221. The molecule has 4 nitrogen and oxygen atoms in total. The molecule has 2 fully saturated rings. The highest BCUT2D eigenvalue weighted by molar-refractivity contribution is 5.71. The first-order valence-corrected chi connectivity index (χ1v) is 4.83. The Hall–Kier alpha value is -0.770. The third-order valence-corrected chi connectivity index (χ3v) is 2.82. The molecule has 0 aromatic heterocycles. The summed E-state index contributed by atoms with van der Waals surface area (Å²) in [7, 11) is 0. The minimum Gasteiger partial charge on any atom is -0.439 e. The lowest BCUT2D eigenvalue weighted by Crippen LogP contribution is -2.38. The van der Waals surface area contributed by atoms with Gasteiger partial charge in [-0.25, -0.2) is 4.79 Å². The van der Waals surface area contributed by atoms with E-state index in [1.807, 2.05) is 13.8 Å². The predicted molar refractivity (Wildman–Crippen MR) is 48.5 cm³/mol. The Kier molecular flexibility index (Phi) is 1.95. The SMILES string of the molecule is CC(C)N1C[C@]2(CCNC2)OC1=O. The second-order valence-electron chi connectivity index (χ2n) is 4.20. The van der Waals surface area contributed by atoms with Gasteiger partial charge in [0.15, 0.2) is 0 Å². The first-order valence-electron chi connectivity index (χ1n) is 4.83. The monoisotopic (exact) mass is 184 g/mol. The fourth-order valence-corrected chi connectivity index (χ4v) is 1.99. The fourth-order valence-electron chi connectivity index (χ4n) is 1.99. The lowest BCUT2D eigenvalue weighted by molar-refractivity contribution is 0.0726. The second kappa shape index (κ2) is 2.87. The summed E-state index contributed by atoms with van der Waals surface area (Å²) in [6.07, 6.45) is 0.792. The quantitative estimate of drug-likeness (QED) is 0.648. The minimum absolute atomic E-state index is 0.154. The van der Waals surface area contributed by atoms with Crippen molar-refractivity contribution in [1.82, 2.24) is 10.2 Å². The van der Waals surface area contributed by atoms with Gasteiger partial charge in [0.2, 0.25) is 0 Å². The molecule has 0 bridgehead atoms. The second-order valence-corrected chi connectivity index (χ2v) is 4.20. The average molecular weight is 184 g/mol. The number of carbonyl (C=O) groups excluding carboxylic acids is 1. The van der Waals surface area contributed by atoms with Crippen LogP contribution in [0.4, 0.5) is 4.79 Å². The van der Waals surface area contributed by atoms with Crippen LogP contribution in [0, 0.1) is 0 Å². The molecule has 1 amide bonds. The van der Waals surface area contributed by atoms with Crippen LogP contribution in [0.5, 0.6) is 0 Å². The van der Waals surface area contributed by atoms with Gasteiger partial charge in [-0.1, -0.05) is 0 Å². The van der Waals surface area contributed by atoms with Crippen LogP contribution in [-0.4, -0.2) is 42.3 Å². The summed E-state index contributed by atoms with van der Waals surface area (Å²) >= 11 is 0. The van der Waals surface area contributed by atoms with E-state index in [4.69, 9.17) is 4.74 Å². The third-order valence-electron chi connectivity index (χ3n) is 2.82. The summed E-state index contributed by atoms with van der Waals surface area (Å²) < 4.78 is 5.41. The van der Waals surface area contributed by atoms with Gasteiger partial charge in [-0.3, -0.25) is 0 Å². The molecule has 0 aliphatic carbocycles. The van der Waals surface area contributed by atoms with Crippen LogP contribution in [0.2, 0.25) is 0 Å². The summed E-state index contributed by atoms with van der Waals surface area (Å²) in [6, 6.07) is 0.243. The van der Waals surface area contributed by atoms with Crippen LogP contribution >= 0.6 is 0 Å². The van der Waals surface area contributed by atoms with Crippen molar-refractivity contribution in [2.24, 2.45) is 0 Å². The Bertz CT molecular complexity index is 222. The zero-order valence-electron chi connectivity index (χ0n) is 8.17. The zero-order chi connectivity index (χ0) is 9.47. The lowest BCUT2D eigenvalue weighted by atomic mass is 10.0. The molecule has 1 N–H and O–H groups in total. The van der Waals surface area contributed by atoms with Gasteiger partial charge in [-0.05, 0) is 20.4 Å². The van der Waals surface area contributed by atoms with Gasteiger partial charge in [0.25, 0.3) is 0 Å². The number of amides is 1. The number of nitrogens with one attached hydrogen (secondary N) is 1. The number of nitrogens with zero attached hydrogens (tertiary/aromatic N) is 1. The van der Waals surface area contributed by atoms with E-state index in [2.05, 4.69) is 5.32 Å². The van der Waals surface area contributed by atoms with Crippen molar-refractivity contribution >= 4 is 6.09 Å². The Morgan fingerprint density at radius 1 is 1.62 bits per heavy atom. The van der Waals surface area contributed by atoms with Crippen molar-refractivity contribution in [3.05, 3.63) is 0 Å². The molecule has 74 valence electrons. The molecule has 0 aromatic rings. The van der Waals surface area contributed by atoms with Crippen LogP contribution in [0.15, 0.2) is 0 Å². The first kappa shape index (κ1) is 8.81. The highest BCUT2D eigenvalue weighted by atomic mass is 16.6. The summed E-state index contributed by atoms with van der Waals surface area (Å²) in [5.74, 6) is 0. The van der Waals surface area contributed by atoms with Gasteiger partial charge < -0.3 is 15.0 Å².